The summed E-state index contributed by atoms with van der Waals surface area (Å²) in [5, 5.41) is 3.92. The van der Waals surface area contributed by atoms with Crippen LogP contribution >= 0.6 is 22.7 Å². The van der Waals surface area contributed by atoms with Gasteiger partial charge in [0.2, 0.25) is 0 Å². The molecule has 0 aliphatic heterocycles. The van der Waals surface area contributed by atoms with Crippen molar-refractivity contribution < 1.29 is 4.79 Å². The smallest absolute Gasteiger partial charge is 0.267 e. The first kappa shape index (κ1) is 16.9. The minimum atomic E-state index is -0.262. The highest BCUT2D eigenvalue weighted by Crippen LogP contribution is 2.30. The highest BCUT2D eigenvalue weighted by molar-refractivity contribution is 7.23. The first-order chi connectivity index (χ1) is 12.5. The molecule has 132 valence electrons. The molecule has 0 bridgehead atoms. The number of thiazole rings is 1. The summed E-state index contributed by atoms with van der Waals surface area (Å²) in [5.41, 5.74) is 2.62. The highest BCUT2D eigenvalue weighted by atomic mass is 32.1. The lowest BCUT2D eigenvalue weighted by Gasteiger charge is -2.00. The number of thiophene rings is 1. The highest BCUT2D eigenvalue weighted by Gasteiger charge is 2.20. The first-order valence-corrected chi connectivity index (χ1v) is 9.76. The third-order valence-corrected chi connectivity index (χ3v) is 6.43. The van der Waals surface area contributed by atoms with Crippen LogP contribution in [0.15, 0.2) is 29.3 Å². The van der Waals surface area contributed by atoms with Crippen LogP contribution < -0.4 is 10.9 Å². The van der Waals surface area contributed by atoms with E-state index in [2.05, 4.69) is 28.3 Å². The number of carbonyl (C=O) groups is 1. The van der Waals surface area contributed by atoms with Gasteiger partial charge < -0.3 is 4.57 Å². The number of fused-ring (bicyclic) bond motifs is 2. The van der Waals surface area contributed by atoms with Crippen molar-refractivity contribution in [3.63, 3.8) is 0 Å². The Hall–Kier alpha value is -2.58. The van der Waals surface area contributed by atoms with Crippen molar-refractivity contribution in [3.05, 3.63) is 50.9 Å². The predicted molar refractivity (Wildman–Crippen MR) is 107 cm³/mol. The number of aryl methyl sites for hydroxylation is 3. The van der Waals surface area contributed by atoms with Crippen molar-refractivity contribution in [1.29, 1.82) is 0 Å². The minimum absolute atomic E-state index is 0.144. The minimum Gasteiger partial charge on any atom is -0.302 e. The molecule has 6 nitrogen and oxygen atoms in total. The summed E-state index contributed by atoms with van der Waals surface area (Å²) in [5.74, 6) is -0.262. The van der Waals surface area contributed by atoms with Gasteiger partial charge in [-0.05, 0) is 36.6 Å². The molecule has 4 rings (SSSR count). The lowest BCUT2D eigenvalue weighted by molar-refractivity contribution is 0.103. The van der Waals surface area contributed by atoms with Crippen LogP contribution in [0.1, 0.15) is 27.7 Å². The van der Waals surface area contributed by atoms with E-state index in [1.165, 1.54) is 39.1 Å². The molecule has 0 radical (unpaired) electrons. The molecule has 0 fully saturated rings. The van der Waals surface area contributed by atoms with E-state index in [9.17, 15) is 9.59 Å². The van der Waals surface area contributed by atoms with E-state index < -0.39 is 0 Å². The standard InChI is InChI=1S/C18H16N4O2S2/c1-4-10-5-6-11-12(7-10)25-18(20-11)21-15(23)14-9(2)13-16(26-14)19-8-22(3)17(13)24/h5-8H,4H2,1-3H3,(H,20,21,23). The van der Waals surface area contributed by atoms with Gasteiger partial charge in [-0.15, -0.1) is 11.3 Å². The van der Waals surface area contributed by atoms with Crippen LogP contribution in [0.3, 0.4) is 0 Å². The third kappa shape index (κ3) is 2.71. The van der Waals surface area contributed by atoms with E-state index in [-0.39, 0.29) is 11.5 Å². The molecule has 1 N–H and O–H groups in total. The number of benzene rings is 1. The van der Waals surface area contributed by atoms with Gasteiger partial charge in [-0.1, -0.05) is 24.3 Å². The Labute approximate surface area is 157 Å². The zero-order valence-corrected chi connectivity index (χ0v) is 16.1. The number of hydrogen-bond acceptors (Lipinski definition) is 6. The second-order valence-corrected chi connectivity index (χ2v) is 8.06. The molecular formula is C18H16N4O2S2. The fourth-order valence-corrected chi connectivity index (χ4v) is 4.78. The zero-order valence-electron chi connectivity index (χ0n) is 14.5. The third-order valence-electron chi connectivity index (χ3n) is 4.30. The summed E-state index contributed by atoms with van der Waals surface area (Å²) < 4.78 is 2.46. The van der Waals surface area contributed by atoms with Crippen molar-refractivity contribution >= 4 is 54.1 Å². The Bertz CT molecular complexity index is 1220. The van der Waals surface area contributed by atoms with Gasteiger partial charge in [0.05, 0.1) is 26.8 Å². The molecule has 3 heterocycles. The molecule has 0 unspecified atom stereocenters. The molecule has 26 heavy (non-hydrogen) atoms. The summed E-state index contributed by atoms with van der Waals surface area (Å²) >= 11 is 2.68. The van der Waals surface area contributed by atoms with Gasteiger partial charge in [0, 0.05) is 7.05 Å². The van der Waals surface area contributed by atoms with Gasteiger partial charge in [0.15, 0.2) is 5.13 Å². The average Bonchev–Trinajstić information content (AvgIpc) is 3.18. The van der Waals surface area contributed by atoms with E-state index in [0.717, 1.165) is 16.6 Å². The second kappa shape index (κ2) is 6.30. The van der Waals surface area contributed by atoms with Crippen LogP contribution in [0.25, 0.3) is 20.4 Å². The molecule has 1 amide bonds. The molecular weight excluding hydrogens is 368 g/mol. The molecule has 0 aliphatic carbocycles. The van der Waals surface area contributed by atoms with E-state index in [4.69, 9.17) is 0 Å². The van der Waals surface area contributed by atoms with Crippen molar-refractivity contribution in [3.8, 4) is 0 Å². The average molecular weight is 384 g/mol. The van der Waals surface area contributed by atoms with Crippen LogP contribution in [-0.4, -0.2) is 20.4 Å². The monoisotopic (exact) mass is 384 g/mol. The first-order valence-electron chi connectivity index (χ1n) is 8.13. The molecule has 1 aromatic carbocycles. The number of amides is 1. The topological polar surface area (TPSA) is 76.9 Å². The normalized spacial score (nSPS) is 11.3. The molecule has 0 spiro atoms. The van der Waals surface area contributed by atoms with E-state index in [0.29, 0.717) is 25.8 Å². The maximum atomic E-state index is 12.7. The van der Waals surface area contributed by atoms with Gasteiger partial charge in [0.25, 0.3) is 11.5 Å². The SMILES string of the molecule is CCc1ccc2nc(NC(=O)c3sc4ncn(C)c(=O)c4c3C)sc2c1. The molecule has 0 aliphatic rings. The van der Waals surface area contributed by atoms with E-state index in [1.54, 1.807) is 14.0 Å². The van der Waals surface area contributed by atoms with Crippen molar-refractivity contribution in [2.75, 3.05) is 5.32 Å². The van der Waals surface area contributed by atoms with Gasteiger partial charge in [-0.2, -0.15) is 0 Å². The summed E-state index contributed by atoms with van der Waals surface area (Å²) in [6.07, 6.45) is 2.43. The Kier molecular flexibility index (Phi) is 4.08. The Balaban J connectivity index is 1.70. The quantitative estimate of drug-likeness (QED) is 0.584. The van der Waals surface area contributed by atoms with Crippen LogP contribution in [0.4, 0.5) is 5.13 Å². The largest absolute Gasteiger partial charge is 0.302 e. The van der Waals surface area contributed by atoms with Crippen molar-refractivity contribution in [1.82, 2.24) is 14.5 Å². The Morgan fingerprint density at radius 1 is 1.31 bits per heavy atom. The Morgan fingerprint density at radius 2 is 2.12 bits per heavy atom. The van der Waals surface area contributed by atoms with Gasteiger partial charge in [-0.25, -0.2) is 9.97 Å². The summed E-state index contributed by atoms with van der Waals surface area (Å²) in [6.45, 7) is 3.89. The molecule has 4 aromatic rings. The van der Waals surface area contributed by atoms with E-state index >= 15 is 0 Å². The lowest BCUT2D eigenvalue weighted by Crippen LogP contribution is -2.17. The Morgan fingerprint density at radius 3 is 2.88 bits per heavy atom. The fraction of sp³-hybridized carbons (Fsp3) is 0.222. The molecule has 3 aromatic heterocycles. The zero-order chi connectivity index (χ0) is 18.4. The van der Waals surface area contributed by atoms with Crippen LogP contribution in [0.2, 0.25) is 0 Å². The summed E-state index contributed by atoms with van der Waals surface area (Å²) in [4.78, 5) is 34.8. The maximum absolute atomic E-state index is 12.7. The van der Waals surface area contributed by atoms with Crippen LogP contribution in [0, 0.1) is 6.92 Å². The second-order valence-electron chi connectivity index (χ2n) is 6.03. The summed E-state index contributed by atoms with van der Waals surface area (Å²) in [6, 6.07) is 6.12. The summed E-state index contributed by atoms with van der Waals surface area (Å²) in [7, 11) is 1.65. The molecule has 0 saturated heterocycles. The van der Waals surface area contributed by atoms with Crippen molar-refractivity contribution in [2.24, 2.45) is 7.05 Å². The van der Waals surface area contributed by atoms with Crippen LogP contribution in [-0.2, 0) is 13.5 Å². The number of rotatable bonds is 3. The van der Waals surface area contributed by atoms with E-state index in [1.807, 2.05) is 12.1 Å². The number of carbonyl (C=O) groups excluding carboxylic acids is 1. The predicted octanol–water partition coefficient (Wildman–Crippen LogP) is 3.73. The van der Waals surface area contributed by atoms with Gasteiger partial charge in [0.1, 0.15) is 4.83 Å². The molecule has 8 heteroatoms. The molecule has 0 atom stereocenters. The maximum Gasteiger partial charge on any atom is 0.267 e. The van der Waals surface area contributed by atoms with Crippen molar-refractivity contribution in [2.45, 2.75) is 20.3 Å². The van der Waals surface area contributed by atoms with Crippen LogP contribution in [0.5, 0.6) is 0 Å². The number of hydrogen-bond donors (Lipinski definition) is 1. The lowest BCUT2D eigenvalue weighted by atomic mass is 10.2. The van der Waals surface area contributed by atoms with Gasteiger partial charge in [-0.3, -0.25) is 14.9 Å². The van der Waals surface area contributed by atoms with Gasteiger partial charge >= 0.3 is 0 Å². The molecule has 0 saturated carbocycles. The number of nitrogens with one attached hydrogen (secondary N) is 1. The number of nitrogens with zero attached hydrogens (tertiary/aromatic N) is 3. The fourth-order valence-electron chi connectivity index (χ4n) is 2.82. The number of aromatic nitrogens is 3. The number of anilines is 1.